The first-order valence-corrected chi connectivity index (χ1v) is 4.98. The highest BCUT2D eigenvalue weighted by Gasteiger charge is 2.19. The van der Waals surface area contributed by atoms with Crippen LogP contribution < -0.4 is 0 Å². The minimum Gasteiger partial charge on any atom is -0.508 e. The van der Waals surface area contributed by atoms with E-state index < -0.39 is 0 Å². The lowest BCUT2D eigenvalue weighted by molar-refractivity contribution is 0.432. The van der Waals surface area contributed by atoms with Gasteiger partial charge in [-0.15, -0.1) is 0 Å². The summed E-state index contributed by atoms with van der Waals surface area (Å²) < 4.78 is 0. The standard InChI is InChI=1S/C12H13NO/c13-7-6-9-4-5-11-10(8-9)2-1-3-12(11)14/h1-3,9,14H,4-6,8H2. The highest BCUT2D eigenvalue weighted by atomic mass is 16.3. The Balaban J connectivity index is 2.24. The molecule has 1 N–H and O–H groups in total. The van der Waals surface area contributed by atoms with Crippen molar-refractivity contribution in [3.8, 4) is 11.8 Å². The smallest absolute Gasteiger partial charge is 0.119 e. The van der Waals surface area contributed by atoms with Gasteiger partial charge in [0.1, 0.15) is 5.75 Å². The molecule has 0 spiro atoms. The summed E-state index contributed by atoms with van der Waals surface area (Å²) in [6.45, 7) is 0. The van der Waals surface area contributed by atoms with E-state index in [0.29, 0.717) is 18.1 Å². The summed E-state index contributed by atoms with van der Waals surface area (Å²) in [5.74, 6) is 0.896. The maximum Gasteiger partial charge on any atom is 0.119 e. The zero-order valence-electron chi connectivity index (χ0n) is 8.03. The molecule has 2 heteroatoms. The molecule has 1 atom stereocenters. The molecule has 72 valence electrons. The first kappa shape index (κ1) is 9.08. The Hall–Kier alpha value is -1.49. The van der Waals surface area contributed by atoms with Crippen LogP contribution in [0.25, 0.3) is 0 Å². The number of nitrogens with zero attached hydrogens (tertiary/aromatic N) is 1. The lowest BCUT2D eigenvalue weighted by Gasteiger charge is -2.23. The third-order valence-corrected chi connectivity index (χ3v) is 2.94. The van der Waals surface area contributed by atoms with Gasteiger partial charge in [0.05, 0.1) is 6.07 Å². The first-order valence-electron chi connectivity index (χ1n) is 4.98. The fourth-order valence-corrected chi connectivity index (χ4v) is 2.17. The molecule has 0 saturated carbocycles. The minimum atomic E-state index is 0.415. The quantitative estimate of drug-likeness (QED) is 0.733. The van der Waals surface area contributed by atoms with E-state index in [1.54, 1.807) is 6.07 Å². The van der Waals surface area contributed by atoms with Crippen LogP contribution >= 0.6 is 0 Å². The molecule has 0 bridgehead atoms. The van der Waals surface area contributed by atoms with Crippen molar-refractivity contribution >= 4 is 0 Å². The number of hydrogen-bond donors (Lipinski definition) is 1. The number of nitriles is 1. The summed E-state index contributed by atoms with van der Waals surface area (Å²) in [4.78, 5) is 0. The van der Waals surface area contributed by atoms with E-state index in [4.69, 9.17) is 5.26 Å². The number of hydrogen-bond acceptors (Lipinski definition) is 2. The normalized spacial score (nSPS) is 19.8. The molecule has 0 saturated heterocycles. The molecule has 0 aromatic heterocycles. The molecule has 1 unspecified atom stereocenters. The highest BCUT2D eigenvalue weighted by Crippen LogP contribution is 2.32. The van der Waals surface area contributed by atoms with E-state index >= 15 is 0 Å². The Morgan fingerprint density at radius 2 is 2.36 bits per heavy atom. The molecule has 1 aromatic carbocycles. The zero-order valence-corrected chi connectivity index (χ0v) is 8.03. The van der Waals surface area contributed by atoms with Crippen LogP contribution in [0.2, 0.25) is 0 Å². The van der Waals surface area contributed by atoms with E-state index in [2.05, 4.69) is 12.1 Å². The predicted molar refractivity (Wildman–Crippen MR) is 53.9 cm³/mol. The van der Waals surface area contributed by atoms with E-state index in [1.165, 1.54) is 5.56 Å². The SMILES string of the molecule is N#CCC1CCc2c(O)cccc2C1. The average Bonchev–Trinajstić information content (AvgIpc) is 2.18. The Kier molecular flexibility index (Phi) is 2.41. The molecule has 2 nitrogen and oxygen atoms in total. The molecule has 14 heavy (non-hydrogen) atoms. The topological polar surface area (TPSA) is 44.0 Å². The van der Waals surface area contributed by atoms with Gasteiger partial charge in [-0.25, -0.2) is 0 Å². The van der Waals surface area contributed by atoms with Gasteiger partial charge in [-0.2, -0.15) is 5.26 Å². The Labute approximate surface area is 83.8 Å². The van der Waals surface area contributed by atoms with Crippen molar-refractivity contribution < 1.29 is 5.11 Å². The number of phenols is 1. The Morgan fingerprint density at radius 3 is 3.14 bits per heavy atom. The van der Waals surface area contributed by atoms with Crippen molar-refractivity contribution in [2.24, 2.45) is 5.92 Å². The summed E-state index contributed by atoms with van der Waals surface area (Å²) in [6.07, 6.45) is 3.51. The maximum atomic E-state index is 9.61. The van der Waals surface area contributed by atoms with Gasteiger partial charge < -0.3 is 5.11 Å². The minimum absolute atomic E-state index is 0.415. The first-order chi connectivity index (χ1) is 6.81. The number of rotatable bonds is 1. The fourth-order valence-electron chi connectivity index (χ4n) is 2.17. The Bertz CT molecular complexity index is 378. The van der Waals surface area contributed by atoms with Gasteiger partial charge in [0.25, 0.3) is 0 Å². The largest absolute Gasteiger partial charge is 0.508 e. The van der Waals surface area contributed by atoms with Crippen LogP contribution in [0.5, 0.6) is 5.75 Å². The van der Waals surface area contributed by atoms with Crippen molar-refractivity contribution in [3.63, 3.8) is 0 Å². The second-order valence-electron chi connectivity index (χ2n) is 3.89. The molecular formula is C12H13NO. The van der Waals surface area contributed by atoms with Gasteiger partial charge in [0.15, 0.2) is 0 Å². The molecule has 1 aliphatic carbocycles. The third-order valence-electron chi connectivity index (χ3n) is 2.94. The summed E-state index contributed by atoms with van der Waals surface area (Å²) in [6, 6.07) is 7.89. The van der Waals surface area contributed by atoms with Gasteiger partial charge in [-0.1, -0.05) is 12.1 Å². The maximum absolute atomic E-state index is 9.61. The summed E-state index contributed by atoms with van der Waals surface area (Å²) >= 11 is 0. The van der Waals surface area contributed by atoms with Gasteiger partial charge in [0, 0.05) is 6.42 Å². The van der Waals surface area contributed by atoms with Gasteiger partial charge in [0.2, 0.25) is 0 Å². The van der Waals surface area contributed by atoms with Crippen molar-refractivity contribution in [1.29, 1.82) is 5.26 Å². The lowest BCUT2D eigenvalue weighted by Crippen LogP contribution is -2.13. The van der Waals surface area contributed by atoms with Gasteiger partial charge in [-0.05, 0) is 42.4 Å². The Morgan fingerprint density at radius 1 is 1.50 bits per heavy atom. The van der Waals surface area contributed by atoms with Crippen LogP contribution in [-0.2, 0) is 12.8 Å². The summed E-state index contributed by atoms with van der Waals surface area (Å²) in [5.41, 5.74) is 2.30. The molecule has 1 aromatic rings. The third kappa shape index (κ3) is 1.58. The molecule has 0 heterocycles. The second kappa shape index (κ2) is 3.71. The van der Waals surface area contributed by atoms with Crippen LogP contribution in [0.3, 0.4) is 0 Å². The fraction of sp³-hybridized carbons (Fsp3) is 0.417. The molecule has 0 fully saturated rings. The molecule has 1 aliphatic rings. The second-order valence-corrected chi connectivity index (χ2v) is 3.89. The number of fused-ring (bicyclic) bond motifs is 1. The van der Waals surface area contributed by atoms with Crippen molar-refractivity contribution in [2.75, 3.05) is 0 Å². The molecule has 2 rings (SSSR count). The number of benzene rings is 1. The van der Waals surface area contributed by atoms with Crippen LogP contribution in [-0.4, -0.2) is 5.11 Å². The van der Waals surface area contributed by atoms with E-state index in [9.17, 15) is 5.11 Å². The van der Waals surface area contributed by atoms with Crippen molar-refractivity contribution in [1.82, 2.24) is 0 Å². The summed E-state index contributed by atoms with van der Waals surface area (Å²) in [7, 11) is 0. The molecule has 0 radical (unpaired) electrons. The monoisotopic (exact) mass is 187 g/mol. The highest BCUT2D eigenvalue weighted by molar-refractivity contribution is 5.41. The van der Waals surface area contributed by atoms with Crippen LogP contribution in [0.15, 0.2) is 18.2 Å². The predicted octanol–water partition coefficient (Wildman–Crippen LogP) is 2.41. The summed E-state index contributed by atoms with van der Waals surface area (Å²) in [5, 5.41) is 18.2. The van der Waals surface area contributed by atoms with Gasteiger partial charge in [-0.3, -0.25) is 0 Å². The number of aromatic hydroxyl groups is 1. The molecular weight excluding hydrogens is 174 g/mol. The lowest BCUT2D eigenvalue weighted by atomic mass is 9.82. The van der Waals surface area contributed by atoms with Crippen LogP contribution in [0.1, 0.15) is 24.0 Å². The van der Waals surface area contributed by atoms with Crippen LogP contribution in [0.4, 0.5) is 0 Å². The van der Waals surface area contributed by atoms with Crippen molar-refractivity contribution in [3.05, 3.63) is 29.3 Å². The number of phenolic OH excluding ortho intramolecular Hbond substituents is 1. The average molecular weight is 187 g/mol. The van der Waals surface area contributed by atoms with Gasteiger partial charge >= 0.3 is 0 Å². The molecule has 0 aliphatic heterocycles. The zero-order chi connectivity index (χ0) is 9.97. The van der Waals surface area contributed by atoms with E-state index in [0.717, 1.165) is 24.8 Å². The van der Waals surface area contributed by atoms with E-state index in [-0.39, 0.29) is 0 Å². The van der Waals surface area contributed by atoms with Crippen LogP contribution in [0, 0.1) is 17.2 Å². The van der Waals surface area contributed by atoms with E-state index in [1.807, 2.05) is 6.07 Å². The molecule has 0 amide bonds. The van der Waals surface area contributed by atoms with Crippen molar-refractivity contribution in [2.45, 2.75) is 25.7 Å².